The molecule has 23 heavy (non-hydrogen) atoms. The third kappa shape index (κ3) is 4.59. The summed E-state index contributed by atoms with van der Waals surface area (Å²) in [6.07, 6.45) is 0. The number of ether oxygens (including phenoxy) is 2. The van der Waals surface area contributed by atoms with Crippen molar-refractivity contribution in [2.75, 3.05) is 60.0 Å². The predicted molar refractivity (Wildman–Crippen MR) is 94.5 cm³/mol. The second kappa shape index (κ2) is 9.11. The molecule has 1 aliphatic heterocycles. The average Bonchev–Trinajstić information content (AvgIpc) is 2.62. The highest BCUT2D eigenvalue weighted by atomic mass is 16.5. The van der Waals surface area contributed by atoms with E-state index in [-0.39, 0.29) is 0 Å². The second-order valence-electron chi connectivity index (χ2n) is 5.90. The summed E-state index contributed by atoms with van der Waals surface area (Å²) in [7, 11) is 3.38. The molecule has 1 fully saturated rings. The van der Waals surface area contributed by atoms with Gasteiger partial charge >= 0.3 is 0 Å². The van der Waals surface area contributed by atoms with Crippen molar-refractivity contribution in [1.29, 1.82) is 0 Å². The zero-order chi connectivity index (χ0) is 16.7. The summed E-state index contributed by atoms with van der Waals surface area (Å²) in [5.74, 6) is 1.60. The Morgan fingerprint density at radius 1 is 1.09 bits per heavy atom. The lowest BCUT2D eigenvalue weighted by Gasteiger charge is -2.36. The Hall–Kier alpha value is -1.30. The molecule has 0 aromatic heterocycles. The Kier molecular flexibility index (Phi) is 7.15. The molecular formula is C18H31N3O2. The van der Waals surface area contributed by atoms with Gasteiger partial charge in [0.1, 0.15) is 0 Å². The summed E-state index contributed by atoms with van der Waals surface area (Å²) in [6, 6.07) is 6.70. The van der Waals surface area contributed by atoms with E-state index in [4.69, 9.17) is 9.47 Å². The highest BCUT2D eigenvalue weighted by Gasteiger charge is 2.23. The van der Waals surface area contributed by atoms with Crippen LogP contribution in [-0.2, 0) is 0 Å². The lowest BCUT2D eigenvalue weighted by atomic mass is 10.0. The third-order valence-corrected chi connectivity index (χ3v) is 4.69. The number of methoxy groups -OCH3 is 2. The SMILES string of the molecule is CCN(CC)C(CN1CCNCC1)c1ccc(OC)c(OC)c1. The van der Waals surface area contributed by atoms with Crippen LogP contribution in [0.5, 0.6) is 11.5 Å². The molecule has 0 bridgehead atoms. The summed E-state index contributed by atoms with van der Waals surface area (Å²) < 4.78 is 10.9. The smallest absolute Gasteiger partial charge is 0.161 e. The minimum Gasteiger partial charge on any atom is -0.493 e. The summed E-state index contributed by atoms with van der Waals surface area (Å²) >= 11 is 0. The van der Waals surface area contributed by atoms with Crippen LogP contribution in [0.4, 0.5) is 0 Å². The summed E-state index contributed by atoms with van der Waals surface area (Å²) in [6.45, 7) is 12.0. The minimum atomic E-state index is 0.378. The van der Waals surface area contributed by atoms with Gasteiger partial charge < -0.3 is 14.8 Å². The Balaban J connectivity index is 2.24. The summed E-state index contributed by atoms with van der Waals surface area (Å²) in [5, 5.41) is 3.43. The van der Waals surface area contributed by atoms with Crippen molar-refractivity contribution in [3.63, 3.8) is 0 Å². The molecule has 5 heteroatoms. The zero-order valence-electron chi connectivity index (χ0n) is 15.0. The lowest BCUT2D eigenvalue weighted by Crippen LogP contribution is -2.47. The number of rotatable bonds is 8. The first-order valence-electron chi connectivity index (χ1n) is 8.62. The van der Waals surface area contributed by atoms with Crippen molar-refractivity contribution in [2.24, 2.45) is 0 Å². The average molecular weight is 321 g/mol. The van der Waals surface area contributed by atoms with Gasteiger partial charge in [-0.25, -0.2) is 0 Å². The van der Waals surface area contributed by atoms with Crippen LogP contribution in [0.3, 0.4) is 0 Å². The fraction of sp³-hybridized carbons (Fsp3) is 0.667. The van der Waals surface area contributed by atoms with Gasteiger partial charge in [-0.05, 0) is 30.8 Å². The van der Waals surface area contributed by atoms with Gasteiger partial charge in [0.25, 0.3) is 0 Å². The summed E-state index contributed by atoms with van der Waals surface area (Å²) in [4.78, 5) is 5.07. The third-order valence-electron chi connectivity index (χ3n) is 4.69. The van der Waals surface area contributed by atoms with E-state index in [0.717, 1.165) is 57.3 Å². The van der Waals surface area contributed by atoms with Gasteiger partial charge in [-0.15, -0.1) is 0 Å². The molecule has 2 rings (SSSR count). The molecule has 0 saturated carbocycles. The Labute approximate surface area is 140 Å². The molecule has 0 amide bonds. The highest BCUT2D eigenvalue weighted by molar-refractivity contribution is 5.44. The molecule has 1 saturated heterocycles. The molecule has 0 aliphatic carbocycles. The zero-order valence-corrected chi connectivity index (χ0v) is 15.0. The molecule has 130 valence electrons. The van der Waals surface area contributed by atoms with Crippen LogP contribution in [0.25, 0.3) is 0 Å². The number of nitrogens with zero attached hydrogens (tertiary/aromatic N) is 2. The Morgan fingerprint density at radius 3 is 2.30 bits per heavy atom. The van der Waals surface area contributed by atoms with Crippen LogP contribution in [0, 0.1) is 0 Å². The topological polar surface area (TPSA) is 37.0 Å². The van der Waals surface area contributed by atoms with Crippen molar-refractivity contribution < 1.29 is 9.47 Å². The number of likely N-dealkylation sites (N-methyl/N-ethyl adjacent to an activating group) is 1. The molecule has 1 aliphatic rings. The van der Waals surface area contributed by atoms with E-state index in [2.05, 4.69) is 41.1 Å². The van der Waals surface area contributed by atoms with Crippen LogP contribution in [0.1, 0.15) is 25.5 Å². The Morgan fingerprint density at radius 2 is 1.74 bits per heavy atom. The molecule has 0 radical (unpaired) electrons. The van der Waals surface area contributed by atoms with Crippen LogP contribution >= 0.6 is 0 Å². The number of hydrogen-bond acceptors (Lipinski definition) is 5. The van der Waals surface area contributed by atoms with Crippen molar-refractivity contribution in [1.82, 2.24) is 15.1 Å². The van der Waals surface area contributed by atoms with E-state index in [1.54, 1.807) is 14.2 Å². The number of piperazine rings is 1. The first-order chi connectivity index (χ1) is 11.2. The van der Waals surface area contributed by atoms with Crippen LogP contribution in [0.2, 0.25) is 0 Å². The van der Waals surface area contributed by atoms with Crippen LogP contribution in [-0.4, -0.2) is 69.8 Å². The van der Waals surface area contributed by atoms with E-state index < -0.39 is 0 Å². The first kappa shape index (κ1) is 18.0. The van der Waals surface area contributed by atoms with Gasteiger partial charge in [0.2, 0.25) is 0 Å². The largest absolute Gasteiger partial charge is 0.493 e. The van der Waals surface area contributed by atoms with Crippen molar-refractivity contribution >= 4 is 0 Å². The lowest BCUT2D eigenvalue weighted by molar-refractivity contribution is 0.138. The molecule has 1 unspecified atom stereocenters. The quantitative estimate of drug-likeness (QED) is 0.792. The first-order valence-corrected chi connectivity index (χ1v) is 8.62. The van der Waals surface area contributed by atoms with Crippen LogP contribution in [0.15, 0.2) is 18.2 Å². The van der Waals surface area contributed by atoms with Gasteiger partial charge in [0, 0.05) is 38.8 Å². The van der Waals surface area contributed by atoms with Gasteiger partial charge in [-0.3, -0.25) is 9.80 Å². The maximum atomic E-state index is 5.50. The van der Waals surface area contributed by atoms with E-state index in [1.165, 1.54) is 5.56 Å². The normalized spacial score (nSPS) is 17.3. The van der Waals surface area contributed by atoms with E-state index in [0.29, 0.717) is 6.04 Å². The van der Waals surface area contributed by atoms with Gasteiger partial charge in [-0.2, -0.15) is 0 Å². The maximum absolute atomic E-state index is 5.50. The number of hydrogen-bond donors (Lipinski definition) is 1. The van der Waals surface area contributed by atoms with Crippen molar-refractivity contribution in [3.8, 4) is 11.5 Å². The fourth-order valence-electron chi connectivity index (χ4n) is 3.29. The predicted octanol–water partition coefficient (Wildman–Crippen LogP) is 1.99. The minimum absolute atomic E-state index is 0.378. The monoisotopic (exact) mass is 321 g/mol. The molecule has 1 N–H and O–H groups in total. The molecule has 0 spiro atoms. The van der Waals surface area contributed by atoms with Gasteiger partial charge in [0.05, 0.1) is 14.2 Å². The number of nitrogens with one attached hydrogen (secondary N) is 1. The van der Waals surface area contributed by atoms with Gasteiger partial charge in [0.15, 0.2) is 11.5 Å². The van der Waals surface area contributed by atoms with E-state index in [1.807, 2.05) is 6.07 Å². The van der Waals surface area contributed by atoms with E-state index in [9.17, 15) is 0 Å². The summed E-state index contributed by atoms with van der Waals surface area (Å²) in [5.41, 5.74) is 1.30. The van der Waals surface area contributed by atoms with Crippen molar-refractivity contribution in [2.45, 2.75) is 19.9 Å². The van der Waals surface area contributed by atoms with Gasteiger partial charge in [-0.1, -0.05) is 19.9 Å². The molecule has 5 nitrogen and oxygen atoms in total. The highest BCUT2D eigenvalue weighted by Crippen LogP contribution is 2.32. The number of benzene rings is 1. The molecular weight excluding hydrogens is 290 g/mol. The maximum Gasteiger partial charge on any atom is 0.161 e. The second-order valence-corrected chi connectivity index (χ2v) is 5.90. The molecule has 1 atom stereocenters. The van der Waals surface area contributed by atoms with E-state index >= 15 is 0 Å². The van der Waals surface area contributed by atoms with Crippen LogP contribution < -0.4 is 14.8 Å². The van der Waals surface area contributed by atoms with Crippen molar-refractivity contribution in [3.05, 3.63) is 23.8 Å². The molecule has 1 heterocycles. The standard InChI is InChI=1S/C18H31N3O2/c1-5-21(6-2)16(14-20-11-9-19-10-12-20)15-7-8-17(22-3)18(13-15)23-4/h7-8,13,16,19H,5-6,9-12,14H2,1-4H3. The molecule has 1 aromatic rings. The fourth-order valence-corrected chi connectivity index (χ4v) is 3.29. The molecule has 1 aromatic carbocycles. The Bertz CT molecular complexity index is 471.